The van der Waals surface area contributed by atoms with Gasteiger partial charge in [0.25, 0.3) is 11.6 Å². The lowest BCUT2D eigenvalue weighted by atomic mass is 10.2. The fourth-order valence-electron chi connectivity index (χ4n) is 1.42. The number of pyridine rings is 1. The van der Waals surface area contributed by atoms with Crippen LogP contribution in [0.2, 0.25) is 0 Å². The summed E-state index contributed by atoms with van der Waals surface area (Å²) in [5.74, 6) is -1.08. The quantitative estimate of drug-likeness (QED) is 0.661. The molecule has 0 bridgehead atoms. The first kappa shape index (κ1) is 13.9. The summed E-state index contributed by atoms with van der Waals surface area (Å²) in [4.78, 5) is 25.3. The van der Waals surface area contributed by atoms with Gasteiger partial charge >= 0.3 is 0 Å². The van der Waals surface area contributed by atoms with Crippen LogP contribution in [0, 0.1) is 10.1 Å². The van der Waals surface area contributed by atoms with Crippen molar-refractivity contribution in [2.24, 2.45) is 0 Å². The van der Waals surface area contributed by atoms with Crippen molar-refractivity contribution in [2.75, 3.05) is 5.32 Å². The van der Waals surface area contributed by atoms with Crippen LogP contribution in [0.4, 0.5) is 11.5 Å². The highest BCUT2D eigenvalue weighted by molar-refractivity contribution is 9.10. The monoisotopic (exact) mass is 337 g/mol. The van der Waals surface area contributed by atoms with E-state index in [2.05, 4.69) is 26.2 Å². The number of rotatable bonds is 3. The SMILES string of the molecule is O=C(Nc1ncc([N+](=O)[O-])cc1O)c1ccc(Br)cc1. The zero-order valence-corrected chi connectivity index (χ0v) is 11.5. The molecule has 0 saturated heterocycles. The number of nitro groups is 1. The summed E-state index contributed by atoms with van der Waals surface area (Å²) in [6.45, 7) is 0. The Hall–Kier alpha value is -2.48. The number of carbonyl (C=O) groups is 1. The Morgan fingerprint density at radius 1 is 1.35 bits per heavy atom. The highest BCUT2D eigenvalue weighted by atomic mass is 79.9. The second-order valence-corrected chi connectivity index (χ2v) is 4.70. The van der Waals surface area contributed by atoms with E-state index in [1.807, 2.05) is 0 Å². The first-order valence-electron chi connectivity index (χ1n) is 5.37. The Kier molecular flexibility index (Phi) is 3.94. The van der Waals surface area contributed by atoms with Crippen LogP contribution >= 0.6 is 15.9 Å². The number of benzene rings is 1. The van der Waals surface area contributed by atoms with E-state index in [4.69, 9.17) is 0 Å². The highest BCUT2D eigenvalue weighted by Crippen LogP contribution is 2.25. The van der Waals surface area contributed by atoms with Gasteiger partial charge in [0.1, 0.15) is 6.20 Å². The molecule has 1 amide bonds. The van der Waals surface area contributed by atoms with Gasteiger partial charge in [-0.25, -0.2) is 4.98 Å². The van der Waals surface area contributed by atoms with Crippen LogP contribution in [0.25, 0.3) is 0 Å². The molecule has 8 heteroatoms. The summed E-state index contributed by atoms with van der Waals surface area (Å²) in [6.07, 6.45) is 0.955. The molecule has 0 fully saturated rings. The molecule has 1 aromatic heterocycles. The second-order valence-electron chi connectivity index (χ2n) is 3.78. The van der Waals surface area contributed by atoms with Crippen LogP contribution in [0.5, 0.6) is 5.75 Å². The standard InChI is InChI=1S/C12H8BrN3O4/c13-8-3-1-7(2-4-8)12(18)15-11-10(17)5-9(6-14-11)16(19)20/h1-6,17H,(H,14,15,18). The molecule has 102 valence electrons. The minimum atomic E-state index is -0.687. The van der Waals surface area contributed by atoms with Crippen molar-refractivity contribution in [3.63, 3.8) is 0 Å². The Morgan fingerprint density at radius 3 is 2.55 bits per heavy atom. The van der Waals surface area contributed by atoms with Crippen molar-refractivity contribution >= 4 is 33.3 Å². The van der Waals surface area contributed by atoms with Gasteiger partial charge in [0.15, 0.2) is 11.6 Å². The first-order chi connectivity index (χ1) is 9.47. The minimum absolute atomic E-state index is 0.136. The summed E-state index contributed by atoms with van der Waals surface area (Å²) in [6, 6.07) is 7.48. The van der Waals surface area contributed by atoms with E-state index in [0.29, 0.717) is 5.56 Å². The maximum absolute atomic E-state index is 11.9. The number of aromatic hydroxyl groups is 1. The van der Waals surface area contributed by atoms with Gasteiger partial charge in [-0.15, -0.1) is 0 Å². The van der Waals surface area contributed by atoms with Gasteiger partial charge in [0.2, 0.25) is 0 Å². The van der Waals surface area contributed by atoms with Crippen molar-refractivity contribution in [3.8, 4) is 5.75 Å². The molecular formula is C12H8BrN3O4. The number of hydrogen-bond donors (Lipinski definition) is 2. The smallest absolute Gasteiger partial charge is 0.291 e. The minimum Gasteiger partial charge on any atom is -0.504 e. The van der Waals surface area contributed by atoms with E-state index in [1.165, 1.54) is 0 Å². The van der Waals surface area contributed by atoms with E-state index >= 15 is 0 Å². The Morgan fingerprint density at radius 2 is 2.00 bits per heavy atom. The van der Waals surface area contributed by atoms with Crippen LogP contribution in [0.15, 0.2) is 41.0 Å². The number of anilines is 1. The van der Waals surface area contributed by atoms with Crippen molar-refractivity contribution < 1.29 is 14.8 Å². The average Bonchev–Trinajstić information content (AvgIpc) is 2.41. The van der Waals surface area contributed by atoms with Crippen molar-refractivity contribution in [3.05, 3.63) is 56.7 Å². The Labute approximate surface area is 121 Å². The van der Waals surface area contributed by atoms with Gasteiger partial charge in [-0.05, 0) is 24.3 Å². The zero-order valence-electron chi connectivity index (χ0n) is 9.91. The predicted octanol–water partition coefficient (Wildman–Crippen LogP) is 2.71. The van der Waals surface area contributed by atoms with Crippen LogP contribution in [-0.2, 0) is 0 Å². The summed E-state index contributed by atoms with van der Waals surface area (Å²) in [7, 11) is 0. The first-order valence-corrected chi connectivity index (χ1v) is 6.17. The lowest BCUT2D eigenvalue weighted by molar-refractivity contribution is -0.385. The topological polar surface area (TPSA) is 105 Å². The molecule has 0 unspecified atom stereocenters. The molecule has 0 spiro atoms. The third kappa shape index (κ3) is 3.09. The van der Waals surface area contributed by atoms with Crippen molar-refractivity contribution in [2.45, 2.75) is 0 Å². The number of nitrogens with one attached hydrogen (secondary N) is 1. The molecule has 0 aliphatic carbocycles. The van der Waals surface area contributed by atoms with Gasteiger partial charge in [-0.1, -0.05) is 15.9 Å². The van der Waals surface area contributed by atoms with E-state index < -0.39 is 16.6 Å². The third-order valence-electron chi connectivity index (χ3n) is 2.40. The molecule has 2 rings (SSSR count). The largest absolute Gasteiger partial charge is 0.504 e. The molecule has 0 atom stereocenters. The van der Waals surface area contributed by atoms with E-state index in [-0.39, 0.29) is 11.5 Å². The highest BCUT2D eigenvalue weighted by Gasteiger charge is 2.14. The molecule has 0 saturated carbocycles. The lowest BCUT2D eigenvalue weighted by Crippen LogP contribution is -2.13. The maximum atomic E-state index is 11.9. The van der Waals surface area contributed by atoms with Gasteiger partial charge in [0, 0.05) is 10.0 Å². The molecule has 0 aliphatic rings. The van der Waals surface area contributed by atoms with Crippen molar-refractivity contribution in [1.82, 2.24) is 4.98 Å². The normalized spacial score (nSPS) is 10.1. The van der Waals surface area contributed by atoms with Gasteiger partial charge in [-0.3, -0.25) is 14.9 Å². The summed E-state index contributed by atoms with van der Waals surface area (Å²) >= 11 is 3.25. The number of amides is 1. The molecule has 2 aromatic rings. The van der Waals surface area contributed by atoms with Crippen molar-refractivity contribution in [1.29, 1.82) is 0 Å². The number of aromatic nitrogens is 1. The zero-order chi connectivity index (χ0) is 14.7. The predicted molar refractivity (Wildman–Crippen MR) is 74.7 cm³/mol. The molecule has 1 heterocycles. The van der Waals surface area contributed by atoms with Crippen LogP contribution in [0.1, 0.15) is 10.4 Å². The number of hydrogen-bond acceptors (Lipinski definition) is 5. The summed E-state index contributed by atoms with van der Waals surface area (Å²) in [5, 5.41) is 22.5. The van der Waals surface area contributed by atoms with Gasteiger partial charge in [-0.2, -0.15) is 0 Å². The summed E-state index contributed by atoms with van der Waals surface area (Å²) in [5.41, 5.74) is 0.0110. The maximum Gasteiger partial charge on any atom is 0.291 e. The number of carbonyl (C=O) groups excluding carboxylic acids is 1. The third-order valence-corrected chi connectivity index (χ3v) is 2.93. The summed E-state index contributed by atoms with van der Waals surface area (Å²) < 4.78 is 0.824. The second kappa shape index (κ2) is 5.66. The van der Waals surface area contributed by atoms with Crippen LogP contribution in [-0.4, -0.2) is 20.9 Å². The molecule has 0 radical (unpaired) electrons. The van der Waals surface area contributed by atoms with Crippen LogP contribution in [0.3, 0.4) is 0 Å². The van der Waals surface area contributed by atoms with Gasteiger partial charge in [0.05, 0.1) is 11.0 Å². The van der Waals surface area contributed by atoms with E-state index in [1.54, 1.807) is 24.3 Å². The van der Waals surface area contributed by atoms with Gasteiger partial charge < -0.3 is 10.4 Å². The Bertz CT molecular complexity index is 673. The molecule has 20 heavy (non-hydrogen) atoms. The molecule has 2 N–H and O–H groups in total. The fraction of sp³-hybridized carbons (Fsp3) is 0. The molecule has 0 aliphatic heterocycles. The number of nitrogens with zero attached hydrogens (tertiary/aromatic N) is 2. The Balaban J connectivity index is 2.19. The number of halogens is 1. The molecule has 1 aromatic carbocycles. The molecule has 7 nitrogen and oxygen atoms in total. The fourth-order valence-corrected chi connectivity index (χ4v) is 1.68. The molecular weight excluding hydrogens is 330 g/mol. The average molecular weight is 338 g/mol. The van der Waals surface area contributed by atoms with E-state index in [9.17, 15) is 20.0 Å². The lowest BCUT2D eigenvalue weighted by Gasteiger charge is -2.06. The van der Waals surface area contributed by atoms with E-state index in [0.717, 1.165) is 16.7 Å². The van der Waals surface area contributed by atoms with Crippen LogP contribution < -0.4 is 5.32 Å².